The highest BCUT2D eigenvalue weighted by molar-refractivity contribution is 7.89. The van der Waals surface area contributed by atoms with E-state index in [9.17, 15) is 13.2 Å². The van der Waals surface area contributed by atoms with E-state index in [0.717, 1.165) is 12.8 Å². The second-order valence-electron chi connectivity index (χ2n) is 6.44. The first-order valence-corrected chi connectivity index (χ1v) is 10.3. The smallest absolute Gasteiger partial charge is 0.319 e. The van der Waals surface area contributed by atoms with Crippen molar-refractivity contribution in [3.05, 3.63) is 36.0 Å². The SMILES string of the molecule is CN(C)CCNC(=O)Nc1ccc(-c2nc(N)cc(CS(C)(=O)=O)n2)cc1. The fourth-order valence-corrected chi connectivity index (χ4v) is 2.95. The Bertz CT molecular complexity index is 897. The molecule has 9 nitrogen and oxygen atoms in total. The monoisotopic (exact) mass is 392 g/mol. The lowest BCUT2D eigenvalue weighted by Crippen LogP contribution is -2.34. The van der Waals surface area contributed by atoms with Gasteiger partial charge < -0.3 is 21.3 Å². The van der Waals surface area contributed by atoms with Crippen LogP contribution < -0.4 is 16.4 Å². The standard InChI is InChI=1S/C17H24N6O3S/c1-23(2)9-8-19-17(24)21-13-6-4-12(5-7-13)16-20-14(10-15(18)22-16)11-27(3,25)26/h4-7,10H,8-9,11H2,1-3H3,(H2,18,20,22)(H2,19,21,24). The number of carbonyl (C=O) groups excluding carboxylic acids is 1. The Morgan fingerprint density at radius 2 is 1.85 bits per heavy atom. The van der Waals surface area contributed by atoms with Gasteiger partial charge in [-0.2, -0.15) is 0 Å². The summed E-state index contributed by atoms with van der Waals surface area (Å²) in [6.07, 6.45) is 1.13. The van der Waals surface area contributed by atoms with E-state index in [4.69, 9.17) is 5.73 Å². The van der Waals surface area contributed by atoms with Crippen LogP contribution in [0.25, 0.3) is 11.4 Å². The molecule has 4 N–H and O–H groups in total. The molecular weight excluding hydrogens is 368 g/mol. The summed E-state index contributed by atoms with van der Waals surface area (Å²) < 4.78 is 22.9. The van der Waals surface area contributed by atoms with Crippen molar-refractivity contribution in [3.63, 3.8) is 0 Å². The summed E-state index contributed by atoms with van der Waals surface area (Å²) in [5.41, 5.74) is 7.38. The van der Waals surface area contributed by atoms with Gasteiger partial charge in [0.1, 0.15) is 5.82 Å². The molecule has 0 fully saturated rings. The van der Waals surface area contributed by atoms with Crippen LogP contribution in [0.2, 0.25) is 0 Å². The molecule has 10 heteroatoms. The highest BCUT2D eigenvalue weighted by Crippen LogP contribution is 2.20. The third-order valence-electron chi connectivity index (χ3n) is 3.45. The third-order valence-corrected chi connectivity index (χ3v) is 4.27. The Hall–Kier alpha value is -2.72. The molecule has 27 heavy (non-hydrogen) atoms. The highest BCUT2D eigenvalue weighted by Gasteiger charge is 2.11. The molecule has 2 amide bonds. The number of anilines is 2. The van der Waals surface area contributed by atoms with Gasteiger partial charge in [-0.15, -0.1) is 0 Å². The Morgan fingerprint density at radius 3 is 2.44 bits per heavy atom. The Labute approximate surface area is 158 Å². The van der Waals surface area contributed by atoms with E-state index in [-0.39, 0.29) is 17.6 Å². The number of nitrogen functional groups attached to an aromatic ring is 1. The zero-order chi connectivity index (χ0) is 20.0. The highest BCUT2D eigenvalue weighted by atomic mass is 32.2. The van der Waals surface area contributed by atoms with Crippen LogP contribution in [-0.2, 0) is 15.6 Å². The van der Waals surface area contributed by atoms with Gasteiger partial charge in [0.15, 0.2) is 15.7 Å². The largest absolute Gasteiger partial charge is 0.384 e. The predicted octanol–water partition coefficient (Wildman–Crippen LogP) is 0.954. The van der Waals surface area contributed by atoms with Gasteiger partial charge in [-0.1, -0.05) is 0 Å². The molecule has 1 heterocycles. The first-order valence-electron chi connectivity index (χ1n) is 8.23. The fraction of sp³-hybridized carbons (Fsp3) is 0.353. The van der Waals surface area contributed by atoms with Crippen LogP contribution in [0.3, 0.4) is 0 Å². The molecule has 0 spiro atoms. The minimum absolute atomic E-state index is 0.195. The van der Waals surface area contributed by atoms with Gasteiger partial charge in [0, 0.05) is 36.7 Å². The van der Waals surface area contributed by atoms with Gasteiger partial charge in [-0.25, -0.2) is 23.2 Å². The molecule has 0 unspecified atom stereocenters. The van der Waals surface area contributed by atoms with Gasteiger partial charge in [-0.05, 0) is 38.4 Å². The van der Waals surface area contributed by atoms with Crippen LogP contribution in [0.1, 0.15) is 5.69 Å². The van der Waals surface area contributed by atoms with Gasteiger partial charge in [0.05, 0.1) is 11.4 Å². The molecule has 1 aromatic carbocycles. The molecule has 146 valence electrons. The Balaban J connectivity index is 2.07. The molecule has 0 saturated carbocycles. The van der Waals surface area contributed by atoms with E-state index in [2.05, 4.69) is 20.6 Å². The van der Waals surface area contributed by atoms with Gasteiger partial charge in [0.25, 0.3) is 0 Å². The van der Waals surface area contributed by atoms with Crippen LogP contribution in [-0.4, -0.2) is 62.8 Å². The summed E-state index contributed by atoms with van der Waals surface area (Å²) in [7, 11) is 0.628. The number of sulfone groups is 1. The predicted molar refractivity (Wildman–Crippen MR) is 106 cm³/mol. The van der Waals surface area contributed by atoms with E-state index in [1.165, 1.54) is 6.07 Å². The molecule has 0 saturated heterocycles. The number of benzene rings is 1. The number of hydrogen-bond donors (Lipinski definition) is 3. The lowest BCUT2D eigenvalue weighted by molar-refractivity contribution is 0.250. The van der Waals surface area contributed by atoms with Crippen LogP contribution in [0, 0.1) is 0 Å². The Morgan fingerprint density at radius 1 is 1.19 bits per heavy atom. The summed E-state index contributed by atoms with van der Waals surface area (Å²) >= 11 is 0. The average molecular weight is 392 g/mol. The number of carbonyl (C=O) groups is 1. The lowest BCUT2D eigenvalue weighted by atomic mass is 10.2. The third kappa shape index (κ3) is 7.19. The van der Waals surface area contributed by atoms with E-state index in [1.54, 1.807) is 24.3 Å². The van der Waals surface area contributed by atoms with Crippen molar-refractivity contribution in [1.29, 1.82) is 0 Å². The second-order valence-corrected chi connectivity index (χ2v) is 8.58. The number of nitrogens with one attached hydrogen (secondary N) is 2. The quantitative estimate of drug-likeness (QED) is 0.639. The van der Waals surface area contributed by atoms with Crippen LogP contribution in [0.4, 0.5) is 16.3 Å². The summed E-state index contributed by atoms with van der Waals surface area (Å²) in [5, 5.41) is 5.49. The molecule has 0 bridgehead atoms. The number of amides is 2. The maximum absolute atomic E-state index is 11.8. The van der Waals surface area contributed by atoms with E-state index in [0.29, 0.717) is 29.3 Å². The molecule has 0 aliphatic rings. The fourth-order valence-electron chi connectivity index (χ4n) is 2.26. The number of hydrogen-bond acceptors (Lipinski definition) is 7. The maximum atomic E-state index is 11.8. The number of nitrogens with two attached hydrogens (primary N) is 1. The number of likely N-dealkylation sites (N-methyl/N-ethyl adjacent to an activating group) is 1. The van der Waals surface area contributed by atoms with E-state index < -0.39 is 9.84 Å². The van der Waals surface area contributed by atoms with Gasteiger partial charge >= 0.3 is 6.03 Å². The van der Waals surface area contributed by atoms with Gasteiger partial charge in [0.2, 0.25) is 0 Å². The van der Waals surface area contributed by atoms with Crippen molar-refractivity contribution in [2.75, 3.05) is 44.5 Å². The zero-order valence-electron chi connectivity index (χ0n) is 15.6. The summed E-state index contributed by atoms with van der Waals surface area (Å²) in [4.78, 5) is 22.2. The van der Waals surface area contributed by atoms with E-state index in [1.807, 2.05) is 19.0 Å². The van der Waals surface area contributed by atoms with Crippen LogP contribution in [0.5, 0.6) is 0 Å². The maximum Gasteiger partial charge on any atom is 0.319 e. The number of nitrogens with zero attached hydrogens (tertiary/aromatic N) is 3. The van der Waals surface area contributed by atoms with Crippen molar-refractivity contribution in [2.24, 2.45) is 0 Å². The topological polar surface area (TPSA) is 130 Å². The van der Waals surface area contributed by atoms with Crippen molar-refractivity contribution in [2.45, 2.75) is 5.75 Å². The van der Waals surface area contributed by atoms with Crippen molar-refractivity contribution in [3.8, 4) is 11.4 Å². The van der Waals surface area contributed by atoms with Crippen LogP contribution >= 0.6 is 0 Å². The lowest BCUT2D eigenvalue weighted by Gasteiger charge is -2.11. The molecule has 0 radical (unpaired) electrons. The number of aromatic nitrogens is 2. The Kier molecular flexibility index (Phi) is 6.70. The minimum Gasteiger partial charge on any atom is -0.384 e. The molecule has 2 aromatic rings. The average Bonchev–Trinajstić information content (AvgIpc) is 2.53. The van der Waals surface area contributed by atoms with Gasteiger partial charge in [-0.3, -0.25) is 0 Å². The molecule has 0 atom stereocenters. The molecule has 2 rings (SSSR count). The normalized spacial score (nSPS) is 11.4. The van der Waals surface area contributed by atoms with Crippen molar-refractivity contribution < 1.29 is 13.2 Å². The summed E-state index contributed by atoms with van der Waals surface area (Å²) in [6, 6.07) is 8.04. The van der Waals surface area contributed by atoms with E-state index >= 15 is 0 Å². The zero-order valence-corrected chi connectivity index (χ0v) is 16.4. The summed E-state index contributed by atoms with van der Waals surface area (Å²) in [5.74, 6) is 0.316. The molecule has 1 aromatic heterocycles. The van der Waals surface area contributed by atoms with Crippen molar-refractivity contribution >= 4 is 27.4 Å². The molecule has 0 aliphatic carbocycles. The second kappa shape index (κ2) is 8.78. The first kappa shape index (κ1) is 20.6. The first-order chi connectivity index (χ1) is 12.6. The van der Waals surface area contributed by atoms with Crippen LogP contribution in [0.15, 0.2) is 30.3 Å². The minimum atomic E-state index is -3.23. The number of rotatable bonds is 7. The van der Waals surface area contributed by atoms with Crippen molar-refractivity contribution in [1.82, 2.24) is 20.2 Å². The molecular formula is C17H24N6O3S. The molecule has 0 aliphatic heterocycles. The number of urea groups is 1. The summed E-state index contributed by atoms with van der Waals surface area (Å²) in [6.45, 7) is 1.28.